The van der Waals surface area contributed by atoms with Crippen molar-refractivity contribution in [3.05, 3.63) is 48.0 Å². The van der Waals surface area contributed by atoms with Crippen LogP contribution in [0.15, 0.2) is 42.5 Å². The molecular formula is C60H98N12O15. The predicted molar refractivity (Wildman–Crippen MR) is 322 cm³/mol. The molecule has 0 radical (unpaired) electrons. The lowest BCUT2D eigenvalue weighted by atomic mass is 9.89. The van der Waals surface area contributed by atoms with Gasteiger partial charge in [-0.1, -0.05) is 99.1 Å². The predicted octanol–water partition coefficient (Wildman–Crippen LogP) is 0.670. The molecule has 1 aromatic rings. The van der Waals surface area contributed by atoms with E-state index in [0.717, 1.165) is 12.2 Å². The van der Waals surface area contributed by atoms with Gasteiger partial charge in [0.25, 0.3) is 11.8 Å². The number of rotatable bonds is 38. The van der Waals surface area contributed by atoms with Gasteiger partial charge in [0.05, 0.1) is 55.3 Å². The molecule has 1 fully saturated rings. The first-order valence-electron chi connectivity index (χ1n) is 30.0. The maximum absolute atomic E-state index is 14.6. The number of carboxylic acid groups (broad SMARTS) is 1. The number of carbonyl (C=O) groups excluding carboxylic acids is 10. The minimum absolute atomic E-state index is 0.0268. The fourth-order valence-electron chi connectivity index (χ4n) is 11.1. The van der Waals surface area contributed by atoms with Gasteiger partial charge in [-0.2, -0.15) is 0 Å². The first-order chi connectivity index (χ1) is 41.1. The van der Waals surface area contributed by atoms with Crippen molar-refractivity contribution in [3.63, 3.8) is 0 Å². The zero-order chi connectivity index (χ0) is 65.4. The summed E-state index contributed by atoms with van der Waals surface area (Å²) in [6.45, 7) is 17.2. The van der Waals surface area contributed by atoms with Crippen molar-refractivity contribution in [1.29, 1.82) is 0 Å². The van der Waals surface area contributed by atoms with Crippen LogP contribution in [-0.4, -0.2) is 207 Å². The van der Waals surface area contributed by atoms with Crippen LogP contribution in [0.1, 0.15) is 119 Å². The third kappa shape index (κ3) is 21.6. The van der Waals surface area contributed by atoms with Gasteiger partial charge in [-0.3, -0.25) is 52.8 Å². The molecule has 2 aliphatic rings. The van der Waals surface area contributed by atoms with Crippen LogP contribution in [0.5, 0.6) is 0 Å². The number of likely N-dealkylation sites (tertiary alicyclic amines) is 1. The minimum Gasteiger partial charge on any atom is -0.480 e. The number of urea groups is 1. The number of methoxy groups -OCH3 is 2. The lowest BCUT2D eigenvalue weighted by Crippen LogP contribution is -2.60. The second-order valence-corrected chi connectivity index (χ2v) is 23.5. The molecule has 488 valence electrons. The van der Waals surface area contributed by atoms with E-state index in [9.17, 15) is 52.7 Å². The van der Waals surface area contributed by atoms with Gasteiger partial charge < -0.3 is 77.4 Å². The van der Waals surface area contributed by atoms with Crippen molar-refractivity contribution in [2.24, 2.45) is 35.3 Å². The van der Waals surface area contributed by atoms with E-state index in [0.29, 0.717) is 36.3 Å². The van der Waals surface area contributed by atoms with Crippen LogP contribution in [0, 0.1) is 29.6 Å². The van der Waals surface area contributed by atoms with Gasteiger partial charge in [-0.05, 0) is 68.9 Å². The SMILES string of the molecule is CC[C@H](C)[C@@H]([C@@H](CC(=O)N1CCC[C@H]1[C@H](OC)[C@@H](C)C(=O)N[C@H](C)[C@@H](OCNC(=O)[C@H](CCCNC(N)=O)NC(=O)C(NC(=O)C(CNCC(=O)O)N1C(=O)C=CC1=O)C(C)C)c1ccccc1)OC)N(C)C(=O)[C@@H](NC(=O)[C@@H](NC)C(C)C)C(C)C. The molecule has 1 aromatic carbocycles. The second kappa shape index (κ2) is 36.3. The molecule has 0 spiro atoms. The molecule has 2 aliphatic heterocycles. The van der Waals surface area contributed by atoms with Crippen LogP contribution in [-0.2, 0) is 62.2 Å². The van der Waals surface area contributed by atoms with Gasteiger partial charge >= 0.3 is 12.0 Å². The number of carboxylic acids is 1. The van der Waals surface area contributed by atoms with Crippen molar-refractivity contribution in [3.8, 4) is 0 Å². The van der Waals surface area contributed by atoms with E-state index in [2.05, 4.69) is 42.5 Å². The first-order valence-corrected chi connectivity index (χ1v) is 30.0. The Balaban J connectivity index is 1.80. The van der Waals surface area contributed by atoms with Crippen LogP contribution >= 0.6 is 0 Å². The smallest absolute Gasteiger partial charge is 0.317 e. The number of amides is 11. The topological polar surface area (TPSA) is 368 Å². The summed E-state index contributed by atoms with van der Waals surface area (Å²) in [5.41, 5.74) is 5.90. The van der Waals surface area contributed by atoms with Crippen molar-refractivity contribution in [2.45, 2.75) is 174 Å². The molecule has 11 amide bonds. The largest absolute Gasteiger partial charge is 0.480 e. The van der Waals surface area contributed by atoms with E-state index in [1.165, 1.54) is 14.2 Å². The quantitative estimate of drug-likeness (QED) is 0.0247. The Labute approximate surface area is 511 Å². The number of nitrogens with one attached hydrogen (secondary N) is 8. The van der Waals surface area contributed by atoms with Crippen LogP contribution in [0.3, 0.4) is 0 Å². The molecule has 0 aliphatic carbocycles. The normalized spacial score (nSPS) is 18.3. The Morgan fingerprint density at radius 2 is 1.36 bits per heavy atom. The maximum atomic E-state index is 14.6. The summed E-state index contributed by atoms with van der Waals surface area (Å²) >= 11 is 0. The molecule has 27 heteroatoms. The number of ether oxygens (including phenoxy) is 3. The number of likely N-dealkylation sites (N-methyl/N-ethyl adjacent to an activating group) is 2. The van der Waals surface area contributed by atoms with Gasteiger partial charge in [0.15, 0.2) is 0 Å². The summed E-state index contributed by atoms with van der Waals surface area (Å²) in [6, 6.07) is 0.797. The van der Waals surface area contributed by atoms with Crippen LogP contribution < -0.4 is 48.3 Å². The number of benzene rings is 1. The number of hydrogen-bond acceptors (Lipinski definition) is 16. The molecule has 87 heavy (non-hydrogen) atoms. The zero-order valence-electron chi connectivity index (χ0n) is 53.1. The van der Waals surface area contributed by atoms with Crippen molar-refractivity contribution in [2.75, 3.05) is 61.2 Å². The molecule has 3 rings (SSSR count). The van der Waals surface area contributed by atoms with Gasteiger partial charge in [0.1, 0.15) is 37.0 Å². The highest BCUT2D eigenvalue weighted by atomic mass is 16.5. The van der Waals surface area contributed by atoms with E-state index in [1.807, 2.05) is 41.5 Å². The Morgan fingerprint density at radius 3 is 1.90 bits per heavy atom. The van der Waals surface area contributed by atoms with E-state index in [4.69, 9.17) is 25.1 Å². The number of nitrogens with two attached hydrogens (primary N) is 1. The fourth-order valence-corrected chi connectivity index (χ4v) is 11.1. The molecule has 1 saturated heterocycles. The average molecular weight is 1230 g/mol. The second-order valence-electron chi connectivity index (χ2n) is 23.5. The highest BCUT2D eigenvalue weighted by molar-refractivity contribution is 6.15. The molecule has 0 aromatic heterocycles. The van der Waals surface area contributed by atoms with E-state index in [-0.39, 0.29) is 61.3 Å². The molecule has 2 heterocycles. The van der Waals surface area contributed by atoms with Crippen molar-refractivity contribution in [1.82, 2.24) is 57.2 Å². The standard InChI is InChI=1S/C60H98N12O15/c1-15-36(8)51(70(12)59(83)50(35(6)7)69-57(81)48(62-11)33(2)3)43(85-13)29-46(75)71-28-20-24-41(71)52(86-14)37(9)54(78)66-38(10)53(39-21-17-16-18-22-39)87-32-65-55(79)40(23-19-27-64-60(61)84)67-58(82)49(34(4)5)68-56(80)42(30-63-31-47(76)77)72-44(73)25-26-45(72)74/h16-18,21-22,25-26,33-38,40-43,48-53,62-63H,15,19-20,23-24,27-32H2,1-14H3,(H,65,79)(H,66,78)(H,67,82)(H,68,80)(H,69,81)(H,76,77)(H3,61,64,84)/t36-,37+,38+,40-,41-,42?,43+,48-,49?,50-,51-,52+,53+/m0/s1. The van der Waals surface area contributed by atoms with Gasteiger partial charge in [-0.15, -0.1) is 0 Å². The summed E-state index contributed by atoms with van der Waals surface area (Å²) < 4.78 is 18.4. The Kier molecular flexibility index (Phi) is 30.9. The average Bonchev–Trinajstić information content (AvgIpc) is 2.20. The van der Waals surface area contributed by atoms with Gasteiger partial charge in [0, 0.05) is 53.1 Å². The Bertz CT molecular complexity index is 2500. The summed E-state index contributed by atoms with van der Waals surface area (Å²) in [6.07, 6.45) is 1.44. The first kappa shape index (κ1) is 74.2. The number of primary amides is 1. The maximum Gasteiger partial charge on any atom is 0.317 e. The summed E-state index contributed by atoms with van der Waals surface area (Å²) in [7, 11) is 6.39. The molecule has 0 bridgehead atoms. The number of imide groups is 1. The highest BCUT2D eigenvalue weighted by Crippen LogP contribution is 2.31. The lowest BCUT2D eigenvalue weighted by Gasteiger charge is -2.41. The molecule has 2 unspecified atom stereocenters. The molecular weight excluding hydrogens is 1130 g/mol. The van der Waals surface area contributed by atoms with Gasteiger partial charge in [-0.25, -0.2) is 4.79 Å². The highest BCUT2D eigenvalue weighted by Gasteiger charge is 2.44. The Morgan fingerprint density at radius 1 is 0.759 bits per heavy atom. The number of carbonyl (C=O) groups is 11. The summed E-state index contributed by atoms with van der Waals surface area (Å²) in [4.78, 5) is 151. The van der Waals surface area contributed by atoms with Crippen LogP contribution in [0.4, 0.5) is 4.79 Å². The fraction of sp³-hybridized carbons (Fsp3) is 0.683. The number of nitrogens with zero attached hydrogens (tertiary/aromatic N) is 3. The zero-order valence-corrected chi connectivity index (χ0v) is 53.1. The molecule has 27 nitrogen and oxygen atoms in total. The Hall–Kier alpha value is -7.07. The minimum atomic E-state index is -1.55. The van der Waals surface area contributed by atoms with Crippen molar-refractivity contribution >= 4 is 65.2 Å². The number of hydrogen-bond donors (Lipinski definition) is 10. The third-order valence-electron chi connectivity index (χ3n) is 16.1. The van der Waals surface area contributed by atoms with Crippen LogP contribution in [0.25, 0.3) is 0 Å². The molecule has 11 N–H and O–H groups in total. The summed E-state index contributed by atoms with van der Waals surface area (Å²) in [5.74, 6) is -8.45. The third-order valence-corrected chi connectivity index (χ3v) is 16.1. The van der Waals surface area contributed by atoms with E-state index >= 15 is 0 Å². The van der Waals surface area contributed by atoms with Crippen LogP contribution in [0.2, 0.25) is 0 Å². The van der Waals surface area contributed by atoms with E-state index < -0.39 is 146 Å². The lowest BCUT2D eigenvalue weighted by molar-refractivity contribution is -0.148. The molecule has 0 saturated carbocycles. The van der Waals surface area contributed by atoms with Crippen molar-refractivity contribution < 1.29 is 72.1 Å². The van der Waals surface area contributed by atoms with E-state index in [1.54, 1.807) is 81.9 Å². The number of aliphatic carboxylic acids is 1. The molecule has 13 atom stereocenters. The van der Waals surface area contributed by atoms with Gasteiger partial charge in [0.2, 0.25) is 41.4 Å². The monoisotopic (exact) mass is 1230 g/mol. The summed E-state index contributed by atoms with van der Waals surface area (Å²) in [5, 5.41) is 31.1.